The number of aryl methyl sites for hydroxylation is 1. The molecule has 0 heterocycles. The second kappa shape index (κ2) is 7.07. The Kier molecular flexibility index (Phi) is 5.70. The predicted molar refractivity (Wildman–Crippen MR) is 71.9 cm³/mol. The van der Waals surface area contributed by atoms with E-state index in [4.69, 9.17) is 5.73 Å². The summed E-state index contributed by atoms with van der Waals surface area (Å²) in [4.78, 5) is 12.0. The Hall–Kier alpha value is -1.35. The fraction of sp³-hybridized carbons (Fsp3) is 0.500. The van der Waals surface area contributed by atoms with E-state index in [1.165, 1.54) is 5.56 Å². The van der Waals surface area contributed by atoms with Crippen LogP contribution in [0.5, 0.6) is 0 Å². The zero-order chi connectivity index (χ0) is 12.7. The highest BCUT2D eigenvalue weighted by Gasteiger charge is 2.16. The minimum atomic E-state index is 0.0184. The molecule has 1 amide bonds. The lowest BCUT2D eigenvalue weighted by Crippen LogP contribution is -2.25. The molecule has 0 aromatic heterocycles. The van der Waals surface area contributed by atoms with Gasteiger partial charge in [0.1, 0.15) is 0 Å². The maximum absolute atomic E-state index is 12.0. The highest BCUT2D eigenvalue weighted by Crippen LogP contribution is 2.18. The van der Waals surface area contributed by atoms with Gasteiger partial charge in [-0.1, -0.05) is 32.0 Å². The molecular weight excluding hydrogens is 212 g/mol. The van der Waals surface area contributed by atoms with Crippen molar-refractivity contribution in [1.29, 1.82) is 0 Å². The van der Waals surface area contributed by atoms with E-state index in [2.05, 4.69) is 12.2 Å². The number of amides is 1. The van der Waals surface area contributed by atoms with Gasteiger partial charge in [-0.05, 0) is 37.4 Å². The third-order valence-corrected chi connectivity index (χ3v) is 3.03. The second-order valence-electron chi connectivity index (χ2n) is 4.18. The first kappa shape index (κ1) is 13.7. The van der Waals surface area contributed by atoms with E-state index in [1.807, 2.05) is 31.2 Å². The van der Waals surface area contributed by atoms with Gasteiger partial charge in [0, 0.05) is 11.6 Å². The molecule has 0 saturated heterocycles. The molecule has 1 atom stereocenters. The molecule has 94 valence electrons. The van der Waals surface area contributed by atoms with Gasteiger partial charge in [0.25, 0.3) is 0 Å². The number of rotatable bonds is 6. The summed E-state index contributed by atoms with van der Waals surface area (Å²) in [6.45, 7) is 4.66. The van der Waals surface area contributed by atoms with Crippen LogP contribution in [0.3, 0.4) is 0 Å². The van der Waals surface area contributed by atoms with Gasteiger partial charge >= 0.3 is 0 Å². The quantitative estimate of drug-likeness (QED) is 0.794. The van der Waals surface area contributed by atoms with E-state index >= 15 is 0 Å². The highest BCUT2D eigenvalue weighted by molar-refractivity contribution is 5.93. The molecule has 0 aliphatic heterocycles. The van der Waals surface area contributed by atoms with Crippen molar-refractivity contribution in [3.8, 4) is 0 Å². The Labute approximate surface area is 103 Å². The molecule has 1 rings (SSSR count). The third kappa shape index (κ3) is 3.86. The summed E-state index contributed by atoms with van der Waals surface area (Å²) >= 11 is 0. The van der Waals surface area contributed by atoms with Crippen molar-refractivity contribution in [2.75, 3.05) is 11.9 Å². The van der Waals surface area contributed by atoms with Crippen LogP contribution in [-0.4, -0.2) is 12.5 Å². The van der Waals surface area contributed by atoms with E-state index in [1.54, 1.807) is 0 Å². The van der Waals surface area contributed by atoms with Gasteiger partial charge < -0.3 is 11.1 Å². The van der Waals surface area contributed by atoms with E-state index in [0.717, 1.165) is 24.9 Å². The molecule has 0 aliphatic carbocycles. The number of carbonyl (C=O) groups excluding carboxylic acids is 1. The number of carbonyl (C=O) groups is 1. The lowest BCUT2D eigenvalue weighted by atomic mass is 10.0. The van der Waals surface area contributed by atoms with Crippen LogP contribution in [0, 0.1) is 5.92 Å². The van der Waals surface area contributed by atoms with Gasteiger partial charge in [-0.3, -0.25) is 4.79 Å². The third-order valence-electron chi connectivity index (χ3n) is 3.03. The minimum absolute atomic E-state index is 0.0184. The van der Waals surface area contributed by atoms with Crippen molar-refractivity contribution in [3.63, 3.8) is 0 Å². The summed E-state index contributed by atoms with van der Waals surface area (Å²) < 4.78 is 0. The SMILES string of the molecule is CCc1ccccc1NC(=O)C(CC)CCN. The zero-order valence-corrected chi connectivity index (χ0v) is 10.7. The Morgan fingerprint density at radius 3 is 2.65 bits per heavy atom. The van der Waals surface area contributed by atoms with E-state index in [9.17, 15) is 4.79 Å². The molecule has 0 spiro atoms. The molecule has 3 heteroatoms. The van der Waals surface area contributed by atoms with Gasteiger partial charge in [0.2, 0.25) is 5.91 Å². The first-order chi connectivity index (χ1) is 8.22. The summed E-state index contributed by atoms with van der Waals surface area (Å²) in [6.07, 6.45) is 2.50. The van der Waals surface area contributed by atoms with Gasteiger partial charge in [-0.2, -0.15) is 0 Å². The Bertz CT molecular complexity index is 363. The smallest absolute Gasteiger partial charge is 0.227 e. The van der Waals surface area contributed by atoms with Crippen molar-refractivity contribution in [1.82, 2.24) is 0 Å². The number of hydrogen-bond donors (Lipinski definition) is 2. The molecule has 0 aliphatic rings. The van der Waals surface area contributed by atoms with Crippen molar-refractivity contribution < 1.29 is 4.79 Å². The average Bonchev–Trinajstić information content (AvgIpc) is 2.36. The van der Waals surface area contributed by atoms with Crippen LogP contribution >= 0.6 is 0 Å². The molecule has 0 bridgehead atoms. The van der Waals surface area contributed by atoms with Crippen LogP contribution in [0.1, 0.15) is 32.3 Å². The van der Waals surface area contributed by atoms with E-state index in [0.29, 0.717) is 6.54 Å². The van der Waals surface area contributed by atoms with E-state index in [-0.39, 0.29) is 11.8 Å². The number of para-hydroxylation sites is 1. The van der Waals surface area contributed by atoms with Gasteiger partial charge in [-0.15, -0.1) is 0 Å². The standard InChI is InChI=1S/C14H22N2O/c1-3-11-7-5-6-8-13(11)16-14(17)12(4-2)9-10-15/h5-8,12H,3-4,9-10,15H2,1-2H3,(H,16,17). The summed E-state index contributed by atoms with van der Waals surface area (Å²) in [5.74, 6) is 0.101. The lowest BCUT2D eigenvalue weighted by molar-refractivity contribution is -0.120. The van der Waals surface area contributed by atoms with Crippen molar-refractivity contribution in [3.05, 3.63) is 29.8 Å². The maximum Gasteiger partial charge on any atom is 0.227 e. The summed E-state index contributed by atoms with van der Waals surface area (Å²) in [7, 11) is 0. The molecule has 1 aromatic rings. The Balaban J connectivity index is 2.72. The summed E-state index contributed by atoms with van der Waals surface area (Å²) in [6, 6.07) is 7.93. The molecule has 1 unspecified atom stereocenters. The van der Waals surface area contributed by atoms with Crippen molar-refractivity contribution in [2.24, 2.45) is 11.7 Å². The molecule has 3 N–H and O–H groups in total. The molecular formula is C14H22N2O. The van der Waals surface area contributed by atoms with Crippen LogP contribution < -0.4 is 11.1 Å². The molecule has 17 heavy (non-hydrogen) atoms. The minimum Gasteiger partial charge on any atom is -0.330 e. The molecule has 1 aromatic carbocycles. The number of benzene rings is 1. The zero-order valence-electron chi connectivity index (χ0n) is 10.7. The van der Waals surface area contributed by atoms with Gasteiger partial charge in [-0.25, -0.2) is 0 Å². The molecule has 0 radical (unpaired) electrons. The number of nitrogens with one attached hydrogen (secondary N) is 1. The van der Waals surface area contributed by atoms with Crippen LogP contribution in [0.2, 0.25) is 0 Å². The summed E-state index contributed by atoms with van der Waals surface area (Å²) in [5, 5.41) is 3.00. The van der Waals surface area contributed by atoms with Gasteiger partial charge in [0.05, 0.1) is 0 Å². The highest BCUT2D eigenvalue weighted by atomic mass is 16.1. The van der Waals surface area contributed by atoms with E-state index < -0.39 is 0 Å². The first-order valence-corrected chi connectivity index (χ1v) is 6.31. The molecule has 3 nitrogen and oxygen atoms in total. The maximum atomic E-state index is 12.0. The number of hydrogen-bond acceptors (Lipinski definition) is 2. The van der Waals surface area contributed by atoms with Crippen LogP contribution in [0.4, 0.5) is 5.69 Å². The molecule has 0 saturated carbocycles. The number of anilines is 1. The van der Waals surface area contributed by atoms with Crippen LogP contribution in [0.25, 0.3) is 0 Å². The van der Waals surface area contributed by atoms with Crippen molar-refractivity contribution in [2.45, 2.75) is 33.1 Å². The first-order valence-electron chi connectivity index (χ1n) is 6.31. The number of nitrogens with two attached hydrogens (primary N) is 1. The predicted octanol–water partition coefficient (Wildman–Crippen LogP) is 2.56. The topological polar surface area (TPSA) is 55.1 Å². The molecule has 0 fully saturated rings. The Morgan fingerprint density at radius 2 is 2.06 bits per heavy atom. The van der Waals surface area contributed by atoms with Crippen LogP contribution in [-0.2, 0) is 11.2 Å². The Morgan fingerprint density at radius 1 is 1.35 bits per heavy atom. The fourth-order valence-electron chi connectivity index (χ4n) is 1.91. The monoisotopic (exact) mass is 234 g/mol. The average molecular weight is 234 g/mol. The van der Waals surface area contributed by atoms with Gasteiger partial charge in [0.15, 0.2) is 0 Å². The lowest BCUT2D eigenvalue weighted by Gasteiger charge is -2.15. The normalized spacial score (nSPS) is 12.2. The van der Waals surface area contributed by atoms with Crippen LogP contribution in [0.15, 0.2) is 24.3 Å². The second-order valence-corrected chi connectivity index (χ2v) is 4.18. The fourth-order valence-corrected chi connectivity index (χ4v) is 1.91. The summed E-state index contributed by atoms with van der Waals surface area (Å²) in [5.41, 5.74) is 7.61. The van der Waals surface area contributed by atoms with Crippen molar-refractivity contribution >= 4 is 11.6 Å². The largest absolute Gasteiger partial charge is 0.330 e.